The van der Waals surface area contributed by atoms with Crippen LogP contribution in [0.25, 0.3) is 16.7 Å². The van der Waals surface area contributed by atoms with E-state index in [0.29, 0.717) is 45.7 Å². The van der Waals surface area contributed by atoms with Crippen molar-refractivity contribution in [3.63, 3.8) is 0 Å². The number of sulfone groups is 1. The molecule has 0 radical (unpaired) electrons. The molecule has 0 bridgehead atoms. The fourth-order valence-corrected chi connectivity index (χ4v) is 6.43. The largest absolute Gasteiger partial charge is 0.476 e. The lowest BCUT2D eigenvalue weighted by Gasteiger charge is -2.08. The molecule has 35 heavy (non-hydrogen) atoms. The van der Waals surface area contributed by atoms with Crippen molar-refractivity contribution < 1.29 is 17.9 Å². The van der Waals surface area contributed by atoms with E-state index in [9.17, 15) is 18.0 Å². The van der Waals surface area contributed by atoms with Crippen molar-refractivity contribution in [1.82, 2.24) is 14.5 Å². The Morgan fingerprint density at radius 1 is 1.14 bits per heavy atom. The number of thiophene rings is 1. The second kappa shape index (κ2) is 9.33. The first kappa shape index (κ1) is 23.3. The fraction of sp³-hybridized carbons (Fsp3) is 0.174. The van der Waals surface area contributed by atoms with Gasteiger partial charge in [0.05, 0.1) is 21.8 Å². The smallest absolute Gasteiger partial charge is 0.266 e. The van der Waals surface area contributed by atoms with Crippen LogP contribution in [0.15, 0.2) is 69.0 Å². The molecule has 0 atom stereocenters. The van der Waals surface area contributed by atoms with E-state index in [0.717, 1.165) is 16.9 Å². The van der Waals surface area contributed by atoms with Gasteiger partial charge in [0.2, 0.25) is 5.90 Å². The van der Waals surface area contributed by atoms with Crippen LogP contribution in [0.4, 0.5) is 0 Å². The van der Waals surface area contributed by atoms with Gasteiger partial charge in [0.15, 0.2) is 15.6 Å². The molecular formula is C23H17ClN4O5S2. The first-order valence-corrected chi connectivity index (χ1v) is 13.3. The Balaban J connectivity index is 1.33. The number of fused-ring (bicyclic) bond motifs is 1. The number of aromatic nitrogens is 3. The van der Waals surface area contributed by atoms with E-state index in [4.69, 9.17) is 16.3 Å². The number of hydrogen-bond acceptors (Lipinski definition) is 9. The molecule has 0 saturated carbocycles. The van der Waals surface area contributed by atoms with Gasteiger partial charge in [-0.3, -0.25) is 14.2 Å². The van der Waals surface area contributed by atoms with Crippen LogP contribution in [0.2, 0.25) is 4.34 Å². The highest BCUT2D eigenvalue weighted by Crippen LogP contribution is 2.26. The second-order valence-electron chi connectivity index (χ2n) is 7.74. The lowest BCUT2D eigenvalue weighted by Crippen LogP contribution is -2.20. The predicted molar refractivity (Wildman–Crippen MR) is 133 cm³/mol. The molecule has 4 aromatic rings. The average Bonchev–Trinajstić information content (AvgIpc) is 3.52. The quantitative estimate of drug-likeness (QED) is 0.361. The van der Waals surface area contributed by atoms with Crippen molar-refractivity contribution in [2.45, 2.75) is 10.6 Å². The summed E-state index contributed by atoms with van der Waals surface area (Å²) in [5.41, 5.74) is 1.50. The van der Waals surface area contributed by atoms with Crippen molar-refractivity contribution in [2.24, 2.45) is 4.99 Å². The third-order valence-corrected chi connectivity index (χ3v) is 8.74. The average molecular weight is 529 g/mol. The molecule has 3 aromatic heterocycles. The molecule has 1 aromatic carbocycles. The van der Waals surface area contributed by atoms with E-state index in [1.807, 2.05) is 0 Å². The monoisotopic (exact) mass is 528 g/mol. The SMILES string of the molecule is O=C(Cc1ccc(-n2cnc3cc(C4=NCCO4)ccc3c2=O)nc1)CS(=O)(=O)c1ccc(Cl)s1. The van der Waals surface area contributed by atoms with Crippen LogP contribution in [-0.2, 0) is 25.8 Å². The summed E-state index contributed by atoms with van der Waals surface area (Å²) in [7, 11) is -3.75. The highest BCUT2D eigenvalue weighted by atomic mass is 35.5. The molecule has 0 amide bonds. The predicted octanol–water partition coefficient (Wildman–Crippen LogP) is 2.86. The van der Waals surface area contributed by atoms with Gasteiger partial charge in [-0.25, -0.2) is 23.4 Å². The zero-order chi connectivity index (χ0) is 24.6. The Labute approximate surface area is 208 Å². The molecule has 0 fully saturated rings. The van der Waals surface area contributed by atoms with Crippen LogP contribution in [0.1, 0.15) is 11.1 Å². The molecule has 0 N–H and O–H groups in total. The first-order chi connectivity index (χ1) is 16.8. The van der Waals surface area contributed by atoms with Gasteiger partial charge in [-0.05, 0) is 42.0 Å². The molecule has 0 aliphatic carbocycles. The number of benzene rings is 1. The van der Waals surface area contributed by atoms with E-state index in [-0.39, 0.29) is 16.2 Å². The number of carbonyl (C=O) groups excluding carboxylic acids is 1. The molecular weight excluding hydrogens is 512 g/mol. The van der Waals surface area contributed by atoms with E-state index in [1.54, 1.807) is 30.3 Å². The van der Waals surface area contributed by atoms with Crippen LogP contribution < -0.4 is 5.56 Å². The lowest BCUT2D eigenvalue weighted by atomic mass is 10.1. The third kappa shape index (κ3) is 4.88. The molecule has 0 saturated heterocycles. The van der Waals surface area contributed by atoms with Crippen molar-refractivity contribution in [3.8, 4) is 5.82 Å². The molecule has 178 valence electrons. The van der Waals surface area contributed by atoms with E-state index in [2.05, 4.69) is 15.0 Å². The number of pyridine rings is 1. The zero-order valence-electron chi connectivity index (χ0n) is 18.0. The van der Waals surface area contributed by atoms with E-state index < -0.39 is 21.4 Å². The number of ketones is 1. The number of carbonyl (C=O) groups is 1. The minimum Gasteiger partial charge on any atom is -0.476 e. The number of hydrogen-bond donors (Lipinski definition) is 0. The highest BCUT2D eigenvalue weighted by molar-refractivity contribution is 7.94. The number of aliphatic imine (C=N–C) groups is 1. The Hall–Kier alpha value is -3.41. The third-order valence-electron chi connectivity index (χ3n) is 5.25. The molecule has 5 rings (SSSR count). The van der Waals surface area contributed by atoms with Crippen molar-refractivity contribution in [2.75, 3.05) is 18.9 Å². The molecule has 4 heterocycles. The zero-order valence-corrected chi connectivity index (χ0v) is 20.4. The summed E-state index contributed by atoms with van der Waals surface area (Å²) in [6.45, 7) is 1.14. The Morgan fingerprint density at radius 2 is 2.00 bits per heavy atom. The van der Waals surface area contributed by atoms with Gasteiger partial charge in [0.25, 0.3) is 5.56 Å². The Bertz CT molecular complexity index is 1640. The Morgan fingerprint density at radius 3 is 2.69 bits per heavy atom. The van der Waals surface area contributed by atoms with Crippen LogP contribution in [0, 0.1) is 0 Å². The molecule has 1 aliphatic heterocycles. The Kier molecular flexibility index (Phi) is 6.22. The minimum absolute atomic E-state index is 0.0587. The highest BCUT2D eigenvalue weighted by Gasteiger charge is 2.21. The molecule has 1 aliphatic rings. The maximum atomic E-state index is 13.0. The summed E-state index contributed by atoms with van der Waals surface area (Å²) in [6, 6.07) is 11.3. The molecule has 12 heteroatoms. The summed E-state index contributed by atoms with van der Waals surface area (Å²) in [4.78, 5) is 38.3. The number of rotatable bonds is 7. The van der Waals surface area contributed by atoms with Crippen molar-refractivity contribution in [3.05, 3.63) is 80.8 Å². The number of halogens is 1. The number of nitrogens with zero attached hydrogens (tertiary/aromatic N) is 4. The maximum absolute atomic E-state index is 13.0. The molecule has 9 nitrogen and oxygen atoms in total. The summed E-state index contributed by atoms with van der Waals surface area (Å²) < 4.78 is 31.9. The lowest BCUT2D eigenvalue weighted by molar-refractivity contribution is -0.116. The first-order valence-electron chi connectivity index (χ1n) is 10.4. The normalized spacial score (nSPS) is 13.6. The van der Waals surface area contributed by atoms with Crippen LogP contribution in [0.3, 0.4) is 0 Å². The van der Waals surface area contributed by atoms with Gasteiger partial charge in [0, 0.05) is 18.2 Å². The van der Waals surface area contributed by atoms with Crippen molar-refractivity contribution >= 4 is 55.4 Å². The van der Waals surface area contributed by atoms with Gasteiger partial charge < -0.3 is 4.74 Å². The van der Waals surface area contributed by atoms with E-state index in [1.165, 1.54) is 29.2 Å². The number of Topliss-reactive ketones (excluding diaryl/α,β-unsaturated/α-hetero) is 1. The van der Waals surface area contributed by atoms with Gasteiger partial charge in [-0.2, -0.15) is 0 Å². The fourth-order valence-electron chi connectivity index (χ4n) is 3.62. The summed E-state index contributed by atoms with van der Waals surface area (Å²) >= 11 is 6.71. The summed E-state index contributed by atoms with van der Waals surface area (Å²) in [5, 5.41) is 0.412. The maximum Gasteiger partial charge on any atom is 0.266 e. The number of ether oxygens (including phenoxy) is 1. The molecule has 0 spiro atoms. The summed E-state index contributed by atoms with van der Waals surface area (Å²) in [6.07, 6.45) is 2.72. The second-order valence-corrected chi connectivity index (χ2v) is 11.7. The molecule has 0 unspecified atom stereocenters. The van der Waals surface area contributed by atoms with Crippen LogP contribution in [0.5, 0.6) is 0 Å². The van der Waals surface area contributed by atoms with Crippen molar-refractivity contribution in [1.29, 1.82) is 0 Å². The summed E-state index contributed by atoms with van der Waals surface area (Å²) in [5.74, 6) is -0.231. The van der Waals surface area contributed by atoms with E-state index >= 15 is 0 Å². The van der Waals surface area contributed by atoms with Gasteiger partial charge >= 0.3 is 0 Å². The minimum atomic E-state index is -3.75. The van der Waals surface area contributed by atoms with Gasteiger partial charge in [-0.15, -0.1) is 11.3 Å². The standard InChI is InChI=1S/C23H17ClN4O5S2/c24-19-4-6-21(34-19)35(31,32)12-16(29)9-14-1-5-20(26-11-14)28-13-27-18-10-15(22-25-7-8-33-22)2-3-17(18)23(28)30/h1-6,10-11,13H,7-9,12H2. The van der Waals surface area contributed by atoms with Crippen LogP contribution >= 0.6 is 22.9 Å². The van der Waals surface area contributed by atoms with Gasteiger partial charge in [0.1, 0.15) is 28.7 Å². The van der Waals surface area contributed by atoms with Gasteiger partial charge in [-0.1, -0.05) is 17.7 Å². The topological polar surface area (TPSA) is 121 Å². The van der Waals surface area contributed by atoms with Crippen LogP contribution in [-0.4, -0.2) is 53.5 Å².